The molecule has 3 N–H and O–H groups in total. The minimum atomic E-state index is -5.04. The van der Waals surface area contributed by atoms with E-state index in [0.29, 0.717) is 0 Å². The zero-order valence-corrected chi connectivity index (χ0v) is 18.1. The normalized spacial score (nSPS) is 13.8. The monoisotopic (exact) mass is 492 g/mol. The lowest BCUT2D eigenvalue weighted by Gasteiger charge is -2.33. The molecule has 0 aliphatic heterocycles. The van der Waals surface area contributed by atoms with Gasteiger partial charge in [0.05, 0.1) is 15.1 Å². The molecule has 3 aromatic carbocycles. The van der Waals surface area contributed by atoms with Gasteiger partial charge in [0.2, 0.25) is 0 Å². The van der Waals surface area contributed by atoms with Gasteiger partial charge >= 0.3 is 0 Å². The fraction of sp³-hybridized carbons (Fsp3) is 0.0526. The SMILES string of the molecule is O=S(=O)(O)C(c1ccccc1)(c1ccc(O)c(Cl)c1)c1cc(Cl)c(Cl)c(Cl)c1O. The van der Waals surface area contributed by atoms with Gasteiger partial charge in [-0.15, -0.1) is 0 Å². The summed E-state index contributed by atoms with van der Waals surface area (Å²) < 4.78 is 33.9. The van der Waals surface area contributed by atoms with Crippen LogP contribution in [0, 0.1) is 0 Å². The van der Waals surface area contributed by atoms with Crippen molar-refractivity contribution in [1.82, 2.24) is 0 Å². The quantitative estimate of drug-likeness (QED) is 0.239. The highest BCUT2D eigenvalue weighted by Crippen LogP contribution is 2.52. The Labute approximate surface area is 186 Å². The lowest BCUT2D eigenvalue weighted by Crippen LogP contribution is -2.38. The van der Waals surface area contributed by atoms with Crippen molar-refractivity contribution in [3.8, 4) is 11.5 Å². The van der Waals surface area contributed by atoms with Crippen molar-refractivity contribution in [3.05, 3.63) is 91.4 Å². The van der Waals surface area contributed by atoms with Gasteiger partial charge in [0.1, 0.15) is 16.5 Å². The summed E-state index contributed by atoms with van der Waals surface area (Å²) in [4.78, 5) is 0. The second-order valence-electron chi connectivity index (χ2n) is 6.07. The van der Waals surface area contributed by atoms with Crippen LogP contribution in [0.15, 0.2) is 54.6 Å². The van der Waals surface area contributed by atoms with Gasteiger partial charge in [-0.05, 0) is 29.3 Å². The minimum Gasteiger partial charge on any atom is -0.506 e. The largest absolute Gasteiger partial charge is 0.506 e. The third-order valence-corrected chi connectivity index (χ3v) is 7.46. The second-order valence-corrected chi connectivity index (χ2v) is 9.20. The summed E-state index contributed by atoms with van der Waals surface area (Å²) in [5.41, 5.74) is -0.347. The van der Waals surface area contributed by atoms with E-state index in [1.165, 1.54) is 18.2 Å². The first kappa shape index (κ1) is 22.0. The Morgan fingerprint density at radius 3 is 1.93 bits per heavy atom. The molecule has 5 nitrogen and oxygen atoms in total. The van der Waals surface area contributed by atoms with Crippen molar-refractivity contribution in [2.45, 2.75) is 4.75 Å². The molecule has 0 aliphatic rings. The van der Waals surface area contributed by atoms with Crippen molar-refractivity contribution in [2.24, 2.45) is 0 Å². The molecule has 0 saturated carbocycles. The topological polar surface area (TPSA) is 94.8 Å². The van der Waals surface area contributed by atoms with E-state index in [0.717, 1.165) is 18.2 Å². The Bertz CT molecular complexity index is 1200. The third-order valence-electron chi connectivity index (χ3n) is 4.44. The summed E-state index contributed by atoms with van der Waals surface area (Å²) in [7, 11) is -5.04. The van der Waals surface area contributed by atoms with Crippen LogP contribution in [-0.2, 0) is 14.9 Å². The summed E-state index contributed by atoms with van der Waals surface area (Å²) in [5.74, 6) is -0.990. The molecule has 0 radical (unpaired) electrons. The van der Waals surface area contributed by atoms with E-state index in [4.69, 9.17) is 46.4 Å². The highest BCUT2D eigenvalue weighted by atomic mass is 35.5. The Balaban J connectivity index is 2.60. The van der Waals surface area contributed by atoms with Crippen molar-refractivity contribution < 1.29 is 23.2 Å². The molecule has 1 unspecified atom stereocenters. The first-order chi connectivity index (χ1) is 13.5. The molecule has 0 aliphatic carbocycles. The van der Waals surface area contributed by atoms with Crippen LogP contribution in [0.3, 0.4) is 0 Å². The number of benzene rings is 3. The predicted octanol–water partition coefficient (Wildman–Crippen LogP) is 5.89. The molecule has 29 heavy (non-hydrogen) atoms. The Morgan fingerprint density at radius 1 is 0.759 bits per heavy atom. The van der Waals surface area contributed by atoms with Crippen LogP contribution in [0.25, 0.3) is 0 Å². The van der Waals surface area contributed by atoms with Gasteiger partial charge in [0.25, 0.3) is 10.1 Å². The van der Waals surface area contributed by atoms with Crippen LogP contribution in [0.4, 0.5) is 0 Å². The molecule has 0 bridgehead atoms. The summed E-state index contributed by atoms with van der Waals surface area (Å²) in [6.45, 7) is 0. The summed E-state index contributed by atoms with van der Waals surface area (Å²) in [6.07, 6.45) is 0. The van der Waals surface area contributed by atoms with E-state index in [1.807, 2.05) is 0 Å². The van der Waals surface area contributed by atoms with E-state index in [1.54, 1.807) is 18.2 Å². The zero-order chi connectivity index (χ0) is 21.6. The van der Waals surface area contributed by atoms with Crippen LogP contribution >= 0.6 is 46.4 Å². The fourth-order valence-corrected chi connectivity index (χ4v) is 5.24. The predicted molar refractivity (Wildman–Crippen MR) is 114 cm³/mol. The number of hydrogen-bond donors (Lipinski definition) is 3. The molecular formula is C19H12Cl4O5S. The second kappa shape index (κ2) is 7.87. The molecule has 3 aromatic rings. The van der Waals surface area contributed by atoms with Gasteiger partial charge in [-0.25, -0.2) is 0 Å². The molecular weight excluding hydrogens is 482 g/mol. The van der Waals surface area contributed by atoms with Crippen molar-refractivity contribution >= 4 is 56.5 Å². The third kappa shape index (κ3) is 3.54. The highest BCUT2D eigenvalue weighted by molar-refractivity contribution is 7.87. The molecule has 0 fully saturated rings. The standard InChI is InChI=1S/C19H12Cl4O5S/c20-13-8-11(6-7-15(13)24)19(29(26,27)28,10-4-2-1-3-5-10)12-9-14(21)16(22)17(23)18(12)25/h1-9,24-25H,(H,26,27,28). The Kier molecular flexibility index (Phi) is 5.98. The van der Waals surface area contributed by atoms with E-state index in [2.05, 4.69) is 0 Å². The smallest absolute Gasteiger partial charge is 0.283 e. The number of aromatic hydroxyl groups is 2. The van der Waals surface area contributed by atoms with E-state index in [9.17, 15) is 23.2 Å². The lowest BCUT2D eigenvalue weighted by molar-refractivity contribution is 0.440. The molecule has 3 rings (SSSR count). The van der Waals surface area contributed by atoms with Crippen LogP contribution in [0.5, 0.6) is 11.5 Å². The lowest BCUT2D eigenvalue weighted by atomic mass is 9.83. The first-order valence-corrected chi connectivity index (χ1v) is 10.9. The zero-order valence-electron chi connectivity index (χ0n) is 14.3. The molecule has 0 amide bonds. The molecule has 1 atom stereocenters. The van der Waals surface area contributed by atoms with Crippen molar-refractivity contribution in [2.75, 3.05) is 0 Å². The maximum absolute atomic E-state index is 12.9. The summed E-state index contributed by atoms with van der Waals surface area (Å²) in [6, 6.07) is 12.3. The van der Waals surface area contributed by atoms with Gasteiger partial charge in [0, 0.05) is 5.56 Å². The maximum Gasteiger partial charge on any atom is 0.283 e. The van der Waals surface area contributed by atoms with Crippen molar-refractivity contribution in [3.63, 3.8) is 0 Å². The van der Waals surface area contributed by atoms with Gasteiger partial charge in [-0.2, -0.15) is 8.42 Å². The number of hydrogen-bond acceptors (Lipinski definition) is 4. The van der Waals surface area contributed by atoms with E-state index < -0.39 is 20.6 Å². The molecule has 10 heteroatoms. The number of halogens is 4. The van der Waals surface area contributed by atoms with Gasteiger partial charge in [-0.1, -0.05) is 82.8 Å². The van der Waals surface area contributed by atoms with Crippen LogP contribution in [-0.4, -0.2) is 23.2 Å². The molecule has 152 valence electrons. The summed E-state index contributed by atoms with van der Waals surface area (Å²) in [5, 5.41) is 19.6. The van der Waals surface area contributed by atoms with E-state index >= 15 is 0 Å². The molecule has 0 aromatic heterocycles. The van der Waals surface area contributed by atoms with Crippen LogP contribution in [0.2, 0.25) is 20.1 Å². The van der Waals surface area contributed by atoms with Crippen LogP contribution in [0.1, 0.15) is 16.7 Å². The Morgan fingerprint density at radius 2 is 1.38 bits per heavy atom. The number of rotatable bonds is 4. The average molecular weight is 494 g/mol. The Hall–Kier alpha value is -1.67. The number of phenolic OH excluding ortho intramolecular Hbond substituents is 2. The van der Waals surface area contributed by atoms with Crippen molar-refractivity contribution in [1.29, 1.82) is 0 Å². The number of phenols is 2. The molecule has 0 saturated heterocycles. The maximum atomic E-state index is 12.9. The van der Waals surface area contributed by atoms with Gasteiger partial charge < -0.3 is 10.2 Å². The molecule has 0 spiro atoms. The first-order valence-electron chi connectivity index (χ1n) is 7.90. The van der Waals surface area contributed by atoms with E-state index in [-0.39, 0.29) is 42.5 Å². The average Bonchev–Trinajstić information content (AvgIpc) is 2.67. The summed E-state index contributed by atoms with van der Waals surface area (Å²) >= 11 is 24.2. The fourth-order valence-electron chi connectivity index (χ4n) is 3.17. The van der Waals surface area contributed by atoms with Crippen LogP contribution < -0.4 is 0 Å². The van der Waals surface area contributed by atoms with Gasteiger partial charge in [-0.3, -0.25) is 4.55 Å². The minimum absolute atomic E-state index is 0.0639. The van der Waals surface area contributed by atoms with Gasteiger partial charge in [0.15, 0.2) is 4.75 Å². The highest BCUT2D eigenvalue weighted by Gasteiger charge is 2.51. The molecule has 0 heterocycles.